The van der Waals surface area contributed by atoms with Gasteiger partial charge in [0.2, 0.25) is 0 Å². The molecule has 9 heteroatoms. The number of aliphatic imine (C=N–C) groups is 1. The van der Waals surface area contributed by atoms with Gasteiger partial charge in [-0.25, -0.2) is 4.98 Å². The molecular formula is C28H28N6O3. The summed E-state index contributed by atoms with van der Waals surface area (Å²) in [5.41, 5.74) is 4.48. The highest BCUT2D eigenvalue weighted by atomic mass is 16.5. The summed E-state index contributed by atoms with van der Waals surface area (Å²) in [6.45, 7) is 3.35. The Morgan fingerprint density at radius 2 is 1.97 bits per heavy atom. The second kappa shape index (κ2) is 11.8. The average molecular weight is 497 g/mol. The molecule has 1 amide bonds. The topological polar surface area (TPSA) is 111 Å². The molecule has 1 N–H and O–H groups in total. The molecule has 1 aromatic heterocycles. The molecule has 188 valence electrons. The zero-order chi connectivity index (χ0) is 26.2. The van der Waals surface area contributed by atoms with Crippen molar-refractivity contribution in [3.05, 3.63) is 78.0 Å². The molecule has 0 saturated heterocycles. The van der Waals surface area contributed by atoms with Crippen LogP contribution in [-0.2, 0) is 9.53 Å². The molecule has 0 atom stereocenters. The molecule has 0 spiro atoms. The van der Waals surface area contributed by atoms with Gasteiger partial charge in [0.25, 0.3) is 5.91 Å². The van der Waals surface area contributed by atoms with Gasteiger partial charge >= 0.3 is 5.97 Å². The lowest BCUT2D eigenvalue weighted by molar-refractivity contribution is -0.142. The minimum absolute atomic E-state index is 0.0626. The lowest BCUT2D eigenvalue weighted by Crippen LogP contribution is -2.34. The number of aromatic nitrogens is 1. The van der Waals surface area contributed by atoms with E-state index in [0.717, 1.165) is 17.1 Å². The minimum atomic E-state index is -0.368. The number of amides is 1. The molecule has 1 aliphatic rings. The number of nitrogens with one attached hydrogen (secondary N) is 1. The molecule has 9 nitrogen and oxygen atoms in total. The first-order valence-corrected chi connectivity index (χ1v) is 12.0. The fourth-order valence-corrected chi connectivity index (χ4v) is 4.02. The zero-order valence-electron chi connectivity index (χ0n) is 20.8. The van der Waals surface area contributed by atoms with Crippen molar-refractivity contribution in [2.24, 2.45) is 4.99 Å². The van der Waals surface area contributed by atoms with E-state index in [2.05, 4.69) is 21.3 Å². The lowest BCUT2D eigenvalue weighted by atomic mass is 10.1. The number of pyridine rings is 1. The van der Waals surface area contributed by atoms with Gasteiger partial charge in [0.1, 0.15) is 5.82 Å². The summed E-state index contributed by atoms with van der Waals surface area (Å²) in [6.07, 6.45) is 1.67. The van der Waals surface area contributed by atoms with Crippen molar-refractivity contribution in [2.45, 2.75) is 13.3 Å². The molecule has 0 bridgehead atoms. The van der Waals surface area contributed by atoms with Crippen LogP contribution in [0.4, 0.5) is 22.9 Å². The Hall–Kier alpha value is -4.71. The van der Waals surface area contributed by atoms with Crippen LogP contribution in [0.15, 0.2) is 71.9 Å². The van der Waals surface area contributed by atoms with E-state index in [9.17, 15) is 9.59 Å². The standard InChI is InChI=1S/C28H28N6O3/c1-3-37-27(35)13-15-34(26-6-4-5-14-30-26)28(36)21-9-12-25-24(16-21)32-23(19-33(25)2)18-31-22-10-7-20(17-29)8-11-22/h4-12,14,16,31H,3,13,15,18-19H2,1-2H3. The molecule has 0 aliphatic carbocycles. The summed E-state index contributed by atoms with van der Waals surface area (Å²) >= 11 is 0. The third-order valence-electron chi connectivity index (χ3n) is 5.86. The van der Waals surface area contributed by atoms with Gasteiger partial charge in [-0.3, -0.25) is 19.5 Å². The summed E-state index contributed by atoms with van der Waals surface area (Å²) in [5.74, 6) is -0.179. The van der Waals surface area contributed by atoms with Crippen LogP contribution in [0.25, 0.3) is 0 Å². The van der Waals surface area contributed by atoms with Crippen LogP contribution in [-0.4, -0.2) is 55.9 Å². The Bertz CT molecular complexity index is 1330. The lowest BCUT2D eigenvalue weighted by Gasteiger charge is -2.28. The highest BCUT2D eigenvalue weighted by Crippen LogP contribution is 2.33. The largest absolute Gasteiger partial charge is 0.466 e. The highest BCUT2D eigenvalue weighted by molar-refractivity contribution is 6.07. The van der Waals surface area contributed by atoms with Crippen molar-refractivity contribution < 1.29 is 14.3 Å². The first-order valence-electron chi connectivity index (χ1n) is 12.0. The Balaban J connectivity index is 1.54. The average Bonchev–Trinajstić information content (AvgIpc) is 2.92. The summed E-state index contributed by atoms with van der Waals surface area (Å²) in [7, 11) is 1.98. The predicted molar refractivity (Wildman–Crippen MR) is 144 cm³/mol. The number of esters is 1. The number of nitriles is 1. The quantitative estimate of drug-likeness (QED) is 0.442. The van der Waals surface area contributed by atoms with E-state index in [1.54, 1.807) is 55.6 Å². The molecule has 4 rings (SSSR count). The second-order valence-electron chi connectivity index (χ2n) is 8.48. The summed E-state index contributed by atoms with van der Waals surface area (Å²) in [6, 6.07) is 20.1. The van der Waals surface area contributed by atoms with Crippen LogP contribution >= 0.6 is 0 Å². The molecule has 0 fully saturated rings. The van der Waals surface area contributed by atoms with Crippen molar-refractivity contribution in [3.63, 3.8) is 0 Å². The summed E-state index contributed by atoms with van der Waals surface area (Å²) in [4.78, 5) is 38.2. The normalized spacial score (nSPS) is 12.1. The van der Waals surface area contributed by atoms with Crippen LogP contribution in [0.5, 0.6) is 0 Å². The van der Waals surface area contributed by atoms with E-state index in [4.69, 9.17) is 15.0 Å². The number of carbonyl (C=O) groups excluding carboxylic acids is 2. The van der Waals surface area contributed by atoms with Gasteiger partial charge in [0.05, 0.1) is 54.8 Å². The SMILES string of the molecule is CCOC(=O)CCN(C(=O)c1ccc2c(c1)N=C(CNc1ccc(C#N)cc1)CN2C)c1ccccn1. The van der Waals surface area contributed by atoms with Crippen molar-refractivity contribution in [2.75, 3.05) is 48.4 Å². The van der Waals surface area contributed by atoms with E-state index in [1.807, 2.05) is 25.2 Å². The number of nitrogens with zero attached hydrogens (tertiary/aromatic N) is 5. The van der Waals surface area contributed by atoms with Crippen LogP contribution in [0.2, 0.25) is 0 Å². The van der Waals surface area contributed by atoms with Gasteiger partial charge in [0, 0.05) is 31.0 Å². The molecule has 0 radical (unpaired) electrons. The fourth-order valence-electron chi connectivity index (χ4n) is 4.02. The maximum absolute atomic E-state index is 13.6. The Labute approximate surface area is 216 Å². The molecule has 1 aliphatic heterocycles. The Morgan fingerprint density at radius 1 is 1.16 bits per heavy atom. The smallest absolute Gasteiger partial charge is 0.307 e. The maximum Gasteiger partial charge on any atom is 0.307 e. The van der Waals surface area contributed by atoms with Gasteiger partial charge in [-0.1, -0.05) is 6.07 Å². The zero-order valence-corrected chi connectivity index (χ0v) is 20.8. The number of benzene rings is 2. The number of carbonyl (C=O) groups is 2. The number of anilines is 3. The first kappa shape index (κ1) is 25.4. The van der Waals surface area contributed by atoms with Gasteiger partial charge in [-0.05, 0) is 61.5 Å². The summed E-state index contributed by atoms with van der Waals surface area (Å²) in [5, 5.41) is 12.3. The van der Waals surface area contributed by atoms with Gasteiger partial charge in [-0.15, -0.1) is 0 Å². The number of ether oxygens (including phenoxy) is 1. The molecule has 0 saturated carbocycles. The highest BCUT2D eigenvalue weighted by Gasteiger charge is 2.23. The van der Waals surface area contributed by atoms with Gasteiger partial charge in [0.15, 0.2) is 0 Å². The third-order valence-corrected chi connectivity index (χ3v) is 5.86. The van der Waals surface area contributed by atoms with Crippen LogP contribution in [0.1, 0.15) is 29.3 Å². The van der Waals surface area contributed by atoms with E-state index >= 15 is 0 Å². The maximum atomic E-state index is 13.6. The van der Waals surface area contributed by atoms with Crippen molar-refractivity contribution >= 4 is 40.5 Å². The molecule has 2 heterocycles. The Morgan fingerprint density at radius 3 is 2.68 bits per heavy atom. The Kier molecular flexibility index (Phi) is 8.11. The molecule has 3 aromatic rings. The van der Waals surface area contributed by atoms with Crippen LogP contribution < -0.4 is 15.1 Å². The first-order chi connectivity index (χ1) is 18.0. The number of hydrogen-bond acceptors (Lipinski definition) is 8. The minimum Gasteiger partial charge on any atom is -0.466 e. The van der Waals surface area contributed by atoms with Crippen LogP contribution in [0, 0.1) is 11.3 Å². The predicted octanol–water partition coefficient (Wildman–Crippen LogP) is 4.19. The molecule has 37 heavy (non-hydrogen) atoms. The third kappa shape index (κ3) is 6.30. The number of fused-ring (bicyclic) bond motifs is 1. The molecular weight excluding hydrogens is 468 g/mol. The number of rotatable bonds is 9. The molecule has 2 aromatic carbocycles. The van der Waals surface area contributed by atoms with E-state index in [-0.39, 0.29) is 31.4 Å². The van der Waals surface area contributed by atoms with Crippen molar-refractivity contribution in [1.82, 2.24) is 4.98 Å². The van der Waals surface area contributed by atoms with Gasteiger partial charge in [-0.2, -0.15) is 5.26 Å². The number of hydrogen-bond donors (Lipinski definition) is 1. The van der Waals surface area contributed by atoms with E-state index < -0.39 is 0 Å². The molecule has 0 unspecified atom stereocenters. The fraction of sp³-hybridized carbons (Fsp3) is 0.250. The van der Waals surface area contributed by atoms with E-state index in [1.165, 1.54) is 4.90 Å². The van der Waals surface area contributed by atoms with Crippen molar-refractivity contribution in [1.29, 1.82) is 5.26 Å². The van der Waals surface area contributed by atoms with Crippen molar-refractivity contribution in [3.8, 4) is 6.07 Å². The second-order valence-corrected chi connectivity index (χ2v) is 8.48. The summed E-state index contributed by atoms with van der Waals surface area (Å²) < 4.78 is 5.04. The van der Waals surface area contributed by atoms with Gasteiger partial charge < -0.3 is 15.0 Å². The van der Waals surface area contributed by atoms with E-state index in [0.29, 0.717) is 35.7 Å². The monoisotopic (exact) mass is 496 g/mol. The van der Waals surface area contributed by atoms with Crippen LogP contribution in [0.3, 0.4) is 0 Å².